The predicted octanol–water partition coefficient (Wildman–Crippen LogP) is 3.71. The number of nitrogens with zero attached hydrogens (tertiary/aromatic N) is 1. The molecule has 0 aromatic heterocycles. The van der Waals surface area contributed by atoms with Gasteiger partial charge in [0.05, 0.1) is 12.5 Å². The second kappa shape index (κ2) is 9.40. The van der Waals surface area contributed by atoms with Gasteiger partial charge in [0.25, 0.3) is 0 Å². The molecule has 1 aliphatic rings. The molecule has 2 aromatic carbocycles. The quantitative estimate of drug-likeness (QED) is 0.760. The lowest BCUT2D eigenvalue weighted by Gasteiger charge is -2.17. The van der Waals surface area contributed by atoms with E-state index in [1.54, 1.807) is 4.90 Å². The van der Waals surface area contributed by atoms with Crippen LogP contribution in [0.1, 0.15) is 37.8 Å². The molecule has 2 aromatic rings. The van der Waals surface area contributed by atoms with Crippen molar-refractivity contribution in [3.05, 3.63) is 59.7 Å². The number of rotatable bonds is 8. The number of aryl methyl sites for hydroxylation is 1. The van der Waals surface area contributed by atoms with Gasteiger partial charge in [0.1, 0.15) is 5.75 Å². The molecule has 5 nitrogen and oxygen atoms in total. The molecule has 1 atom stereocenters. The van der Waals surface area contributed by atoms with E-state index in [9.17, 15) is 9.59 Å². The minimum absolute atomic E-state index is 0.0188. The van der Waals surface area contributed by atoms with Gasteiger partial charge in [-0.25, -0.2) is 0 Å². The molecule has 0 bridgehead atoms. The van der Waals surface area contributed by atoms with Crippen LogP contribution in [0.25, 0.3) is 0 Å². The van der Waals surface area contributed by atoms with Crippen LogP contribution in [-0.2, 0) is 22.6 Å². The molecule has 5 heteroatoms. The highest BCUT2D eigenvalue weighted by atomic mass is 16.5. The Morgan fingerprint density at radius 1 is 1.07 bits per heavy atom. The summed E-state index contributed by atoms with van der Waals surface area (Å²) in [4.78, 5) is 26.6. The Kier molecular flexibility index (Phi) is 6.69. The second-order valence-electron chi connectivity index (χ2n) is 7.14. The molecule has 0 spiro atoms. The van der Waals surface area contributed by atoms with E-state index >= 15 is 0 Å². The summed E-state index contributed by atoms with van der Waals surface area (Å²) >= 11 is 0. The van der Waals surface area contributed by atoms with Gasteiger partial charge in [-0.15, -0.1) is 0 Å². The Labute approximate surface area is 166 Å². The van der Waals surface area contributed by atoms with E-state index in [1.807, 2.05) is 36.4 Å². The standard InChI is InChI=1S/C23H28N2O3/c1-3-13-28-21-11-9-20(10-12-21)25-16-19(14-22(25)26)23(27)24-15-18-7-5-17(4-2)6-8-18/h5-12,19H,3-4,13-16H2,1-2H3,(H,24,27)/t19-/m1/s1. The molecule has 0 unspecified atom stereocenters. The molecule has 1 heterocycles. The van der Waals surface area contributed by atoms with Crippen LogP contribution in [-0.4, -0.2) is 25.0 Å². The Bertz CT molecular complexity index is 800. The zero-order valence-electron chi connectivity index (χ0n) is 16.6. The molecule has 148 valence electrons. The maximum atomic E-state index is 12.5. The first-order valence-corrected chi connectivity index (χ1v) is 9.99. The van der Waals surface area contributed by atoms with Crippen LogP contribution in [0.4, 0.5) is 5.69 Å². The Morgan fingerprint density at radius 3 is 2.39 bits per heavy atom. The molecule has 1 fully saturated rings. The number of anilines is 1. The second-order valence-corrected chi connectivity index (χ2v) is 7.14. The summed E-state index contributed by atoms with van der Waals surface area (Å²) in [5, 5.41) is 2.97. The number of benzene rings is 2. The highest BCUT2D eigenvalue weighted by Crippen LogP contribution is 2.27. The van der Waals surface area contributed by atoms with Crippen LogP contribution < -0.4 is 15.0 Å². The lowest BCUT2D eigenvalue weighted by molar-refractivity contribution is -0.126. The lowest BCUT2D eigenvalue weighted by atomic mass is 10.1. The molecule has 1 aliphatic heterocycles. The molecular formula is C23H28N2O3. The maximum Gasteiger partial charge on any atom is 0.227 e. The van der Waals surface area contributed by atoms with Crippen molar-refractivity contribution >= 4 is 17.5 Å². The highest BCUT2D eigenvalue weighted by molar-refractivity contribution is 6.00. The third-order valence-corrected chi connectivity index (χ3v) is 5.02. The third kappa shape index (κ3) is 4.91. The van der Waals surface area contributed by atoms with Crippen molar-refractivity contribution in [3.8, 4) is 5.75 Å². The molecule has 3 rings (SSSR count). The van der Waals surface area contributed by atoms with Crippen molar-refractivity contribution in [2.75, 3.05) is 18.1 Å². The first kappa shape index (κ1) is 19.9. The summed E-state index contributed by atoms with van der Waals surface area (Å²) in [7, 11) is 0. The first-order valence-electron chi connectivity index (χ1n) is 9.99. The van der Waals surface area contributed by atoms with E-state index in [1.165, 1.54) is 5.56 Å². The number of hydrogen-bond acceptors (Lipinski definition) is 3. The van der Waals surface area contributed by atoms with Crippen LogP contribution in [0, 0.1) is 5.92 Å². The number of carbonyl (C=O) groups is 2. The van der Waals surface area contributed by atoms with Gasteiger partial charge in [-0.1, -0.05) is 38.1 Å². The van der Waals surface area contributed by atoms with Gasteiger partial charge in [-0.3, -0.25) is 9.59 Å². The topological polar surface area (TPSA) is 58.6 Å². The number of amides is 2. The van der Waals surface area contributed by atoms with E-state index in [2.05, 4.69) is 31.3 Å². The SMILES string of the molecule is CCCOc1ccc(N2C[C@H](C(=O)NCc3ccc(CC)cc3)CC2=O)cc1. The monoisotopic (exact) mass is 380 g/mol. The van der Waals surface area contributed by atoms with E-state index in [-0.39, 0.29) is 24.2 Å². The highest BCUT2D eigenvalue weighted by Gasteiger charge is 2.34. The smallest absolute Gasteiger partial charge is 0.227 e. The van der Waals surface area contributed by atoms with Crippen molar-refractivity contribution in [2.24, 2.45) is 5.92 Å². The van der Waals surface area contributed by atoms with Crippen molar-refractivity contribution in [1.82, 2.24) is 5.32 Å². The average Bonchev–Trinajstić information content (AvgIpc) is 3.13. The number of nitrogens with one attached hydrogen (secondary N) is 1. The maximum absolute atomic E-state index is 12.5. The number of ether oxygens (including phenoxy) is 1. The predicted molar refractivity (Wildman–Crippen MR) is 110 cm³/mol. The van der Waals surface area contributed by atoms with Gasteiger partial charge >= 0.3 is 0 Å². The van der Waals surface area contributed by atoms with Crippen molar-refractivity contribution in [1.29, 1.82) is 0 Å². The van der Waals surface area contributed by atoms with Crippen molar-refractivity contribution in [3.63, 3.8) is 0 Å². The summed E-state index contributed by atoms with van der Waals surface area (Å²) < 4.78 is 5.58. The summed E-state index contributed by atoms with van der Waals surface area (Å²) in [6.45, 7) is 5.74. The van der Waals surface area contributed by atoms with Crippen LogP contribution >= 0.6 is 0 Å². The van der Waals surface area contributed by atoms with Gasteiger partial charge < -0.3 is 15.0 Å². The van der Waals surface area contributed by atoms with Gasteiger partial charge in [-0.05, 0) is 48.2 Å². The Morgan fingerprint density at radius 2 is 1.75 bits per heavy atom. The van der Waals surface area contributed by atoms with Crippen LogP contribution in [0.3, 0.4) is 0 Å². The Hall–Kier alpha value is -2.82. The fourth-order valence-corrected chi connectivity index (χ4v) is 3.30. The summed E-state index contributed by atoms with van der Waals surface area (Å²) in [5.41, 5.74) is 3.15. The van der Waals surface area contributed by atoms with Crippen LogP contribution in [0.5, 0.6) is 5.75 Å². The molecule has 1 saturated heterocycles. The minimum Gasteiger partial charge on any atom is -0.494 e. The van der Waals surface area contributed by atoms with Crippen molar-refractivity contribution in [2.45, 2.75) is 39.7 Å². The van der Waals surface area contributed by atoms with E-state index < -0.39 is 0 Å². The summed E-state index contributed by atoms with van der Waals surface area (Å²) in [6, 6.07) is 15.7. The van der Waals surface area contributed by atoms with Gasteiger partial charge in [0.15, 0.2) is 0 Å². The first-order chi connectivity index (χ1) is 13.6. The number of carbonyl (C=O) groups excluding carboxylic acids is 2. The molecule has 28 heavy (non-hydrogen) atoms. The normalized spacial score (nSPS) is 16.3. The fraction of sp³-hybridized carbons (Fsp3) is 0.391. The van der Waals surface area contributed by atoms with Crippen LogP contribution in [0.2, 0.25) is 0 Å². The average molecular weight is 380 g/mol. The minimum atomic E-state index is -0.321. The van der Waals surface area contributed by atoms with E-state index in [4.69, 9.17) is 4.74 Å². The van der Waals surface area contributed by atoms with E-state index in [0.717, 1.165) is 29.8 Å². The zero-order valence-corrected chi connectivity index (χ0v) is 16.6. The largest absolute Gasteiger partial charge is 0.494 e. The Balaban J connectivity index is 1.54. The molecule has 0 saturated carbocycles. The lowest BCUT2D eigenvalue weighted by Crippen LogP contribution is -2.32. The van der Waals surface area contributed by atoms with Gasteiger partial charge in [-0.2, -0.15) is 0 Å². The van der Waals surface area contributed by atoms with E-state index in [0.29, 0.717) is 19.7 Å². The van der Waals surface area contributed by atoms with Crippen molar-refractivity contribution < 1.29 is 14.3 Å². The van der Waals surface area contributed by atoms with Crippen LogP contribution in [0.15, 0.2) is 48.5 Å². The molecule has 1 N–H and O–H groups in total. The number of hydrogen-bond donors (Lipinski definition) is 1. The molecule has 0 aliphatic carbocycles. The molecule has 0 radical (unpaired) electrons. The molecular weight excluding hydrogens is 352 g/mol. The fourth-order valence-electron chi connectivity index (χ4n) is 3.30. The van der Waals surface area contributed by atoms with Gasteiger partial charge in [0, 0.05) is 25.2 Å². The van der Waals surface area contributed by atoms with Gasteiger partial charge in [0.2, 0.25) is 11.8 Å². The summed E-state index contributed by atoms with van der Waals surface area (Å²) in [6.07, 6.45) is 2.19. The zero-order chi connectivity index (χ0) is 19.9. The molecule has 2 amide bonds. The summed E-state index contributed by atoms with van der Waals surface area (Å²) in [5.74, 6) is 0.382. The third-order valence-electron chi connectivity index (χ3n) is 5.02.